The molecule has 1 aliphatic carbocycles. The lowest BCUT2D eigenvalue weighted by Crippen LogP contribution is -2.39. The number of hydrogen-bond acceptors (Lipinski definition) is 3. The second kappa shape index (κ2) is 7.48. The second-order valence-corrected chi connectivity index (χ2v) is 6.78. The van der Waals surface area contributed by atoms with Gasteiger partial charge in [0.25, 0.3) is 0 Å². The summed E-state index contributed by atoms with van der Waals surface area (Å²) in [5.74, 6) is 6.27. The molecule has 0 heterocycles. The third-order valence-electron chi connectivity index (χ3n) is 3.55. The van der Waals surface area contributed by atoms with Gasteiger partial charge in [0.05, 0.1) is 0 Å². The van der Waals surface area contributed by atoms with Gasteiger partial charge in [0, 0.05) is 22.1 Å². The van der Waals surface area contributed by atoms with Crippen molar-refractivity contribution >= 4 is 23.4 Å². The van der Waals surface area contributed by atoms with Crippen LogP contribution in [0, 0.1) is 5.82 Å². The maximum atomic E-state index is 13.0. The van der Waals surface area contributed by atoms with Gasteiger partial charge >= 0.3 is 0 Å². The van der Waals surface area contributed by atoms with E-state index in [1.54, 1.807) is 6.07 Å². The van der Waals surface area contributed by atoms with E-state index in [2.05, 4.69) is 5.43 Å². The lowest BCUT2D eigenvalue weighted by molar-refractivity contribution is 0.573. The van der Waals surface area contributed by atoms with E-state index in [1.165, 1.54) is 37.8 Å². The highest BCUT2D eigenvalue weighted by Gasteiger charge is 2.18. The Morgan fingerprint density at radius 3 is 2.79 bits per heavy atom. The summed E-state index contributed by atoms with van der Waals surface area (Å²) in [7, 11) is 0. The third kappa shape index (κ3) is 4.63. The van der Waals surface area contributed by atoms with Crippen molar-refractivity contribution in [2.24, 2.45) is 5.84 Å². The van der Waals surface area contributed by atoms with Gasteiger partial charge in [-0.15, -0.1) is 0 Å². The number of hydrazine groups is 1. The van der Waals surface area contributed by atoms with Crippen molar-refractivity contribution in [1.82, 2.24) is 5.43 Å². The minimum atomic E-state index is -0.300. The summed E-state index contributed by atoms with van der Waals surface area (Å²) in [4.78, 5) is 0. The molecule has 19 heavy (non-hydrogen) atoms. The van der Waals surface area contributed by atoms with Crippen LogP contribution in [-0.4, -0.2) is 17.0 Å². The maximum Gasteiger partial charge on any atom is 0.124 e. The van der Waals surface area contributed by atoms with Crippen LogP contribution in [0.25, 0.3) is 0 Å². The molecule has 0 radical (unpaired) electrons. The molecule has 0 amide bonds. The van der Waals surface area contributed by atoms with Gasteiger partial charge < -0.3 is 0 Å². The first-order valence-corrected chi connectivity index (χ1v) is 8.13. The lowest BCUT2D eigenvalue weighted by atomic mass is 10.1. The standard InChI is InChI=1S/C14H20ClFN2S/c15-14-8-11(16)6-5-10(14)7-12(18-17)9-19-13-3-1-2-4-13/h5-6,8,12-13,18H,1-4,7,9,17H2. The Balaban J connectivity index is 1.86. The Bertz CT molecular complexity index is 410. The van der Waals surface area contributed by atoms with Gasteiger partial charge in [-0.05, 0) is 37.0 Å². The van der Waals surface area contributed by atoms with Crippen LogP contribution in [0.5, 0.6) is 0 Å². The van der Waals surface area contributed by atoms with Gasteiger partial charge in [-0.2, -0.15) is 11.8 Å². The largest absolute Gasteiger partial charge is 0.271 e. The number of thioether (sulfide) groups is 1. The van der Waals surface area contributed by atoms with Crippen molar-refractivity contribution in [3.8, 4) is 0 Å². The van der Waals surface area contributed by atoms with Gasteiger partial charge in [0.1, 0.15) is 5.82 Å². The third-order valence-corrected chi connectivity index (χ3v) is 5.44. The average molecular weight is 303 g/mol. The highest BCUT2D eigenvalue weighted by Crippen LogP contribution is 2.30. The van der Waals surface area contributed by atoms with Gasteiger partial charge in [-0.25, -0.2) is 4.39 Å². The van der Waals surface area contributed by atoms with Crippen molar-refractivity contribution in [2.75, 3.05) is 5.75 Å². The molecule has 106 valence electrons. The van der Waals surface area contributed by atoms with E-state index in [9.17, 15) is 4.39 Å². The summed E-state index contributed by atoms with van der Waals surface area (Å²) in [5, 5.41) is 1.26. The minimum Gasteiger partial charge on any atom is -0.271 e. The van der Waals surface area contributed by atoms with E-state index in [0.717, 1.165) is 23.0 Å². The maximum absolute atomic E-state index is 13.0. The molecule has 0 aromatic heterocycles. The van der Waals surface area contributed by atoms with E-state index in [4.69, 9.17) is 17.4 Å². The smallest absolute Gasteiger partial charge is 0.124 e. The normalized spacial score (nSPS) is 17.8. The molecule has 1 unspecified atom stereocenters. The summed E-state index contributed by atoms with van der Waals surface area (Å²) < 4.78 is 13.0. The van der Waals surface area contributed by atoms with Crippen molar-refractivity contribution in [1.29, 1.82) is 0 Å². The van der Waals surface area contributed by atoms with Crippen LogP contribution in [-0.2, 0) is 6.42 Å². The Morgan fingerprint density at radius 2 is 2.16 bits per heavy atom. The molecular formula is C14H20ClFN2S. The summed E-state index contributed by atoms with van der Waals surface area (Å²) in [6, 6.07) is 4.71. The van der Waals surface area contributed by atoms with Gasteiger partial charge in [0.15, 0.2) is 0 Å². The summed E-state index contributed by atoms with van der Waals surface area (Å²) in [5.41, 5.74) is 3.79. The quantitative estimate of drug-likeness (QED) is 0.623. The van der Waals surface area contributed by atoms with Gasteiger partial charge in [-0.1, -0.05) is 30.5 Å². The molecular weight excluding hydrogens is 283 g/mol. The van der Waals surface area contributed by atoms with Crippen LogP contribution in [0.2, 0.25) is 5.02 Å². The number of rotatable bonds is 6. The van der Waals surface area contributed by atoms with E-state index < -0.39 is 0 Å². The van der Waals surface area contributed by atoms with Crippen molar-refractivity contribution in [3.05, 3.63) is 34.6 Å². The molecule has 0 bridgehead atoms. The van der Waals surface area contributed by atoms with Crippen molar-refractivity contribution in [3.63, 3.8) is 0 Å². The van der Waals surface area contributed by atoms with E-state index >= 15 is 0 Å². The van der Waals surface area contributed by atoms with Crippen molar-refractivity contribution in [2.45, 2.75) is 43.4 Å². The summed E-state index contributed by atoms with van der Waals surface area (Å²) in [6.07, 6.45) is 6.07. The number of benzene rings is 1. The second-order valence-electron chi connectivity index (χ2n) is 5.04. The Morgan fingerprint density at radius 1 is 1.42 bits per heavy atom. The molecule has 2 nitrogen and oxygen atoms in total. The Kier molecular flexibility index (Phi) is 5.95. The lowest BCUT2D eigenvalue weighted by Gasteiger charge is -2.18. The molecule has 5 heteroatoms. The molecule has 1 aromatic rings. The summed E-state index contributed by atoms with van der Waals surface area (Å²) in [6.45, 7) is 0. The van der Waals surface area contributed by atoms with E-state index in [0.29, 0.717) is 5.02 Å². The van der Waals surface area contributed by atoms with Crippen LogP contribution < -0.4 is 11.3 Å². The molecule has 2 rings (SSSR count). The zero-order valence-corrected chi connectivity index (χ0v) is 12.4. The van der Waals surface area contributed by atoms with Gasteiger partial charge in [0.2, 0.25) is 0 Å². The monoisotopic (exact) mass is 302 g/mol. The van der Waals surface area contributed by atoms with E-state index in [1.807, 2.05) is 11.8 Å². The van der Waals surface area contributed by atoms with Gasteiger partial charge in [-0.3, -0.25) is 11.3 Å². The molecule has 1 fully saturated rings. The summed E-state index contributed by atoms with van der Waals surface area (Å²) >= 11 is 8.03. The van der Waals surface area contributed by atoms with Crippen LogP contribution >= 0.6 is 23.4 Å². The molecule has 1 aliphatic rings. The Labute approximate surface area is 123 Å². The Hall–Kier alpha value is -0.290. The van der Waals surface area contributed by atoms with Crippen LogP contribution in [0.1, 0.15) is 31.2 Å². The van der Waals surface area contributed by atoms with Crippen LogP contribution in [0.3, 0.4) is 0 Å². The molecule has 1 saturated carbocycles. The fraction of sp³-hybridized carbons (Fsp3) is 0.571. The van der Waals surface area contributed by atoms with E-state index in [-0.39, 0.29) is 11.9 Å². The first-order valence-electron chi connectivity index (χ1n) is 6.70. The minimum absolute atomic E-state index is 0.175. The first-order chi connectivity index (χ1) is 9.19. The highest BCUT2D eigenvalue weighted by molar-refractivity contribution is 7.99. The van der Waals surface area contributed by atoms with Crippen LogP contribution in [0.15, 0.2) is 18.2 Å². The fourth-order valence-corrected chi connectivity index (χ4v) is 4.06. The highest BCUT2D eigenvalue weighted by atomic mass is 35.5. The predicted octanol–water partition coefficient (Wildman–Crippen LogP) is 3.53. The predicted molar refractivity (Wildman–Crippen MR) is 80.9 cm³/mol. The molecule has 0 saturated heterocycles. The molecule has 3 N–H and O–H groups in total. The first kappa shape index (κ1) is 15.1. The zero-order valence-electron chi connectivity index (χ0n) is 10.9. The number of hydrogen-bond donors (Lipinski definition) is 2. The molecule has 0 aliphatic heterocycles. The number of nitrogens with two attached hydrogens (primary N) is 1. The van der Waals surface area contributed by atoms with Crippen LogP contribution in [0.4, 0.5) is 4.39 Å². The SMILES string of the molecule is NNC(CSC1CCCC1)Cc1ccc(F)cc1Cl. The fourth-order valence-electron chi connectivity index (χ4n) is 2.43. The number of nitrogens with one attached hydrogen (secondary N) is 1. The average Bonchev–Trinajstić information content (AvgIpc) is 2.90. The van der Waals surface area contributed by atoms with Crippen molar-refractivity contribution < 1.29 is 4.39 Å². The molecule has 1 aromatic carbocycles. The molecule has 1 atom stereocenters. The topological polar surface area (TPSA) is 38.0 Å². The number of halogens is 2. The molecule has 0 spiro atoms. The zero-order chi connectivity index (χ0) is 13.7.